The molecule has 0 radical (unpaired) electrons. The van der Waals surface area contributed by atoms with Crippen LogP contribution in [0.3, 0.4) is 0 Å². The van der Waals surface area contributed by atoms with Gasteiger partial charge >= 0.3 is 0 Å². The van der Waals surface area contributed by atoms with Crippen molar-refractivity contribution >= 4 is 28.1 Å². The third kappa shape index (κ3) is 3.00. The summed E-state index contributed by atoms with van der Waals surface area (Å²) in [6, 6.07) is 2.85. The number of aromatic nitrogens is 1. The maximum absolute atomic E-state index is 9.00. The number of nitrogens with one attached hydrogen (secondary N) is 1. The molecule has 2 fully saturated rings. The molecule has 2 aliphatic rings. The molecule has 3 rings (SSSR count). The Hall–Kier alpha value is -0.870. The van der Waals surface area contributed by atoms with E-state index in [2.05, 4.69) is 20.7 Å². The van der Waals surface area contributed by atoms with Crippen LogP contribution in [0, 0.1) is 11.3 Å². The van der Waals surface area contributed by atoms with Crippen LogP contribution in [-0.4, -0.2) is 47.7 Å². The summed E-state index contributed by atoms with van der Waals surface area (Å²) in [6.45, 7) is 3.48. The molecule has 1 aliphatic heterocycles. The topological polar surface area (TPSA) is 61.2 Å². The number of anilines is 1. The summed E-state index contributed by atoms with van der Waals surface area (Å²) in [5, 5.41) is 13.2. The van der Waals surface area contributed by atoms with Crippen LogP contribution < -0.4 is 5.32 Å². The van der Waals surface area contributed by atoms with Crippen LogP contribution in [-0.2, 0) is 4.74 Å². The largest absolute Gasteiger partial charge is 0.374 e. The third-order valence-electron chi connectivity index (χ3n) is 3.49. The maximum atomic E-state index is 9.00. The first kappa shape index (κ1) is 13.1. The van der Waals surface area contributed by atoms with Crippen LogP contribution in [0.25, 0.3) is 0 Å². The highest BCUT2D eigenvalue weighted by atomic mass is 35.5. The summed E-state index contributed by atoms with van der Waals surface area (Å²) in [6.07, 6.45) is 2.81. The fourth-order valence-electron chi connectivity index (χ4n) is 2.33. The number of halogens is 1. The summed E-state index contributed by atoms with van der Waals surface area (Å²) in [5.74, 6) is 0. The van der Waals surface area contributed by atoms with Crippen molar-refractivity contribution in [2.24, 2.45) is 0 Å². The zero-order valence-electron chi connectivity index (χ0n) is 10.4. The van der Waals surface area contributed by atoms with Gasteiger partial charge in [-0.05, 0) is 24.4 Å². The molecule has 5 nitrogen and oxygen atoms in total. The van der Waals surface area contributed by atoms with Crippen LogP contribution in [0.2, 0.25) is 5.15 Å². The maximum Gasteiger partial charge on any atom is 0.162 e. The Bertz CT molecular complexity index is 496. The quantitative estimate of drug-likeness (QED) is 0.920. The van der Waals surface area contributed by atoms with Gasteiger partial charge in [0.1, 0.15) is 16.6 Å². The van der Waals surface area contributed by atoms with Gasteiger partial charge in [-0.15, -0.1) is 0 Å². The molecule has 1 aromatic rings. The Morgan fingerprint density at radius 2 is 2.42 bits per heavy atom. The van der Waals surface area contributed by atoms with Gasteiger partial charge in [0.25, 0.3) is 0 Å². The molecule has 1 atom stereocenters. The first-order valence-electron chi connectivity index (χ1n) is 6.42. The van der Waals surface area contributed by atoms with E-state index in [1.54, 1.807) is 0 Å². The molecule has 0 spiro atoms. The van der Waals surface area contributed by atoms with E-state index in [1.165, 1.54) is 24.4 Å². The number of rotatable bonds is 4. The van der Waals surface area contributed by atoms with Crippen LogP contribution in [0.15, 0.2) is 0 Å². The van der Waals surface area contributed by atoms with E-state index in [-0.39, 0.29) is 11.3 Å². The Morgan fingerprint density at radius 1 is 1.58 bits per heavy atom. The van der Waals surface area contributed by atoms with E-state index >= 15 is 0 Å². The number of nitriles is 1. The molecule has 1 unspecified atom stereocenters. The number of morpholine rings is 1. The van der Waals surface area contributed by atoms with Gasteiger partial charge < -0.3 is 10.1 Å². The molecule has 2 heterocycles. The molecular weight excluding hydrogens is 284 g/mol. The van der Waals surface area contributed by atoms with Gasteiger partial charge in [-0.3, -0.25) is 4.90 Å². The van der Waals surface area contributed by atoms with Crippen LogP contribution in [0.1, 0.15) is 18.4 Å². The summed E-state index contributed by atoms with van der Waals surface area (Å²) >= 11 is 7.06. The molecule has 1 N–H and O–H groups in total. The lowest BCUT2D eigenvalue weighted by Crippen LogP contribution is -2.46. The van der Waals surface area contributed by atoms with Crippen LogP contribution in [0.4, 0.5) is 5.00 Å². The second kappa shape index (κ2) is 5.63. The van der Waals surface area contributed by atoms with Crippen LogP contribution >= 0.6 is 23.1 Å². The lowest BCUT2D eigenvalue weighted by molar-refractivity contribution is -0.0241. The Balaban J connectivity index is 1.55. The lowest BCUT2D eigenvalue weighted by atomic mass is 10.2. The minimum Gasteiger partial charge on any atom is -0.374 e. The number of nitrogens with zero attached hydrogens (tertiary/aromatic N) is 3. The molecule has 1 saturated carbocycles. The average Bonchev–Trinajstić information content (AvgIpc) is 3.21. The summed E-state index contributed by atoms with van der Waals surface area (Å²) in [7, 11) is 0. The van der Waals surface area contributed by atoms with Crippen molar-refractivity contribution in [3.63, 3.8) is 0 Å². The van der Waals surface area contributed by atoms with E-state index in [1.807, 2.05) is 0 Å². The fourth-order valence-corrected chi connectivity index (χ4v) is 3.27. The van der Waals surface area contributed by atoms with Gasteiger partial charge in [-0.25, -0.2) is 0 Å². The van der Waals surface area contributed by atoms with Crippen molar-refractivity contribution in [3.8, 4) is 6.07 Å². The van der Waals surface area contributed by atoms with E-state index in [0.29, 0.717) is 12.1 Å². The van der Waals surface area contributed by atoms with Gasteiger partial charge in [0.2, 0.25) is 0 Å². The summed E-state index contributed by atoms with van der Waals surface area (Å²) < 4.78 is 9.73. The molecule has 19 heavy (non-hydrogen) atoms. The smallest absolute Gasteiger partial charge is 0.162 e. The fraction of sp³-hybridized carbons (Fsp3) is 0.667. The predicted molar refractivity (Wildman–Crippen MR) is 74.7 cm³/mol. The van der Waals surface area contributed by atoms with Gasteiger partial charge in [0.15, 0.2) is 5.15 Å². The first-order chi connectivity index (χ1) is 9.28. The second-order valence-electron chi connectivity index (χ2n) is 4.89. The van der Waals surface area contributed by atoms with Gasteiger partial charge in [-0.1, -0.05) is 11.6 Å². The van der Waals surface area contributed by atoms with Gasteiger partial charge in [0, 0.05) is 25.7 Å². The summed E-state index contributed by atoms with van der Waals surface area (Å²) in [4.78, 5) is 2.50. The van der Waals surface area contributed by atoms with Crippen molar-refractivity contribution < 1.29 is 4.74 Å². The molecular formula is C12H15ClN4OS. The number of hydrogen-bond donors (Lipinski definition) is 1. The first-order valence-corrected chi connectivity index (χ1v) is 7.58. The highest BCUT2D eigenvalue weighted by Crippen LogP contribution is 2.29. The van der Waals surface area contributed by atoms with Crippen molar-refractivity contribution in [1.29, 1.82) is 5.26 Å². The zero-order valence-corrected chi connectivity index (χ0v) is 12.0. The van der Waals surface area contributed by atoms with Crippen LogP contribution in [0.5, 0.6) is 0 Å². The van der Waals surface area contributed by atoms with Gasteiger partial charge in [0.05, 0.1) is 12.7 Å². The molecule has 1 saturated heterocycles. The van der Waals surface area contributed by atoms with E-state index in [4.69, 9.17) is 21.6 Å². The number of hydrogen-bond acceptors (Lipinski definition) is 6. The normalized spacial score (nSPS) is 24.1. The molecule has 102 valence electrons. The highest BCUT2D eigenvalue weighted by molar-refractivity contribution is 7.10. The molecule has 0 amide bonds. The van der Waals surface area contributed by atoms with Crippen molar-refractivity contribution in [2.45, 2.75) is 25.0 Å². The minimum absolute atomic E-state index is 0.168. The molecule has 0 bridgehead atoms. The van der Waals surface area contributed by atoms with Crippen molar-refractivity contribution in [1.82, 2.24) is 9.27 Å². The molecule has 7 heteroatoms. The monoisotopic (exact) mass is 298 g/mol. The molecule has 0 aromatic carbocycles. The lowest BCUT2D eigenvalue weighted by Gasteiger charge is -2.33. The van der Waals surface area contributed by atoms with Crippen molar-refractivity contribution in [3.05, 3.63) is 10.7 Å². The predicted octanol–water partition coefficient (Wildman–Crippen LogP) is 1.94. The number of ether oxygens (including phenoxy) is 1. The SMILES string of the molecule is N#Cc1c(Cl)nsc1NCC1CN(C2CC2)CCO1. The zero-order chi connectivity index (χ0) is 13.2. The standard InChI is InChI=1S/C12H15ClN4OS/c13-11-10(5-14)12(19-16-11)15-6-9-7-17(3-4-18-9)8-1-2-8/h8-9,15H,1-4,6-7H2. The molecule has 1 aromatic heterocycles. The summed E-state index contributed by atoms with van der Waals surface area (Å²) in [5.41, 5.74) is 0.432. The minimum atomic E-state index is 0.168. The Kier molecular flexibility index (Phi) is 3.89. The molecule has 1 aliphatic carbocycles. The Labute approximate surface area is 121 Å². The Morgan fingerprint density at radius 3 is 3.16 bits per heavy atom. The van der Waals surface area contributed by atoms with E-state index < -0.39 is 0 Å². The van der Waals surface area contributed by atoms with Gasteiger partial charge in [-0.2, -0.15) is 9.64 Å². The van der Waals surface area contributed by atoms with Crippen molar-refractivity contribution in [2.75, 3.05) is 31.6 Å². The third-order valence-corrected chi connectivity index (χ3v) is 4.66. The second-order valence-corrected chi connectivity index (χ2v) is 6.02. The average molecular weight is 299 g/mol. The van der Waals surface area contributed by atoms with E-state index in [0.717, 1.165) is 30.7 Å². The van der Waals surface area contributed by atoms with E-state index in [9.17, 15) is 0 Å². The highest BCUT2D eigenvalue weighted by Gasteiger charge is 2.32.